The van der Waals surface area contributed by atoms with E-state index in [1.165, 1.54) is 0 Å². The van der Waals surface area contributed by atoms with E-state index in [2.05, 4.69) is 17.1 Å². The number of nitrogens with one attached hydrogen (secondary N) is 1. The molecule has 2 aromatic carbocycles. The smallest absolute Gasteiger partial charge is 0.257 e. The lowest BCUT2D eigenvalue weighted by atomic mass is 10.1. The van der Waals surface area contributed by atoms with Gasteiger partial charge in [0.15, 0.2) is 0 Å². The standard InChI is InChI=1S/C19H20N2O2/c1-13(17-12-14-8-4-6-10-16(14)20-17)21(2)19(22)15-9-5-7-11-18(15)23-3/h4-13,20H,1-3H3. The van der Waals surface area contributed by atoms with Crippen LogP contribution in [-0.2, 0) is 0 Å². The summed E-state index contributed by atoms with van der Waals surface area (Å²) in [5.74, 6) is 0.529. The number of nitrogens with zero attached hydrogens (tertiary/aromatic N) is 1. The normalized spacial score (nSPS) is 12.1. The molecule has 118 valence electrons. The summed E-state index contributed by atoms with van der Waals surface area (Å²) in [6.45, 7) is 2.01. The van der Waals surface area contributed by atoms with E-state index in [4.69, 9.17) is 4.74 Å². The Morgan fingerprint density at radius 2 is 1.83 bits per heavy atom. The van der Waals surface area contributed by atoms with Gasteiger partial charge in [-0.25, -0.2) is 0 Å². The fourth-order valence-corrected chi connectivity index (χ4v) is 2.72. The Morgan fingerprint density at radius 3 is 2.57 bits per heavy atom. The molecule has 1 unspecified atom stereocenters. The Balaban J connectivity index is 1.89. The number of rotatable bonds is 4. The van der Waals surface area contributed by atoms with Crippen molar-refractivity contribution >= 4 is 16.8 Å². The monoisotopic (exact) mass is 308 g/mol. The SMILES string of the molecule is COc1ccccc1C(=O)N(C)C(C)c1cc2ccccc2[nH]1. The zero-order valence-corrected chi connectivity index (χ0v) is 13.5. The van der Waals surface area contributed by atoms with E-state index in [1.807, 2.05) is 44.3 Å². The Bertz CT molecular complexity index is 805. The van der Waals surface area contributed by atoms with Crippen molar-refractivity contribution in [1.82, 2.24) is 9.88 Å². The summed E-state index contributed by atoms with van der Waals surface area (Å²) in [4.78, 5) is 17.9. The van der Waals surface area contributed by atoms with Crippen LogP contribution in [-0.4, -0.2) is 29.9 Å². The summed E-state index contributed by atoms with van der Waals surface area (Å²) >= 11 is 0. The Morgan fingerprint density at radius 1 is 1.13 bits per heavy atom. The number of hydrogen-bond acceptors (Lipinski definition) is 2. The highest BCUT2D eigenvalue weighted by Gasteiger charge is 2.22. The van der Waals surface area contributed by atoms with Crippen LogP contribution in [0.3, 0.4) is 0 Å². The van der Waals surface area contributed by atoms with Gasteiger partial charge in [0.1, 0.15) is 5.75 Å². The van der Waals surface area contributed by atoms with Crippen LogP contribution in [0.5, 0.6) is 5.75 Å². The number of amides is 1. The van der Waals surface area contributed by atoms with Crippen molar-refractivity contribution in [1.29, 1.82) is 0 Å². The van der Waals surface area contributed by atoms with Crippen molar-refractivity contribution in [2.45, 2.75) is 13.0 Å². The number of carbonyl (C=O) groups is 1. The van der Waals surface area contributed by atoms with E-state index >= 15 is 0 Å². The van der Waals surface area contributed by atoms with Crippen LogP contribution in [0.2, 0.25) is 0 Å². The minimum absolute atomic E-state index is 0.0615. The molecule has 0 aliphatic rings. The maximum atomic E-state index is 12.8. The molecule has 4 heteroatoms. The fourth-order valence-electron chi connectivity index (χ4n) is 2.72. The Labute approximate surface area is 135 Å². The number of H-pyrrole nitrogens is 1. The van der Waals surface area contributed by atoms with Gasteiger partial charge in [0, 0.05) is 18.3 Å². The Kier molecular flexibility index (Phi) is 4.06. The van der Waals surface area contributed by atoms with Crippen molar-refractivity contribution in [2.75, 3.05) is 14.2 Å². The van der Waals surface area contributed by atoms with Gasteiger partial charge in [-0.2, -0.15) is 0 Å². The van der Waals surface area contributed by atoms with Crippen molar-refractivity contribution in [3.63, 3.8) is 0 Å². The van der Waals surface area contributed by atoms with E-state index in [-0.39, 0.29) is 11.9 Å². The molecule has 1 atom stereocenters. The lowest BCUT2D eigenvalue weighted by molar-refractivity contribution is 0.0737. The Hall–Kier alpha value is -2.75. The molecule has 0 fully saturated rings. The molecule has 3 rings (SSSR count). The minimum Gasteiger partial charge on any atom is -0.496 e. The molecule has 0 saturated carbocycles. The molecule has 23 heavy (non-hydrogen) atoms. The molecule has 0 spiro atoms. The van der Waals surface area contributed by atoms with Gasteiger partial charge in [0.2, 0.25) is 0 Å². The molecule has 1 amide bonds. The number of carbonyl (C=O) groups excluding carboxylic acids is 1. The summed E-state index contributed by atoms with van der Waals surface area (Å²) < 4.78 is 5.29. The number of ether oxygens (including phenoxy) is 1. The number of para-hydroxylation sites is 2. The van der Waals surface area contributed by atoms with Gasteiger partial charge in [-0.3, -0.25) is 4.79 Å². The van der Waals surface area contributed by atoms with Crippen LogP contribution in [0, 0.1) is 0 Å². The minimum atomic E-state index is -0.0696. The molecule has 0 bridgehead atoms. The van der Waals surface area contributed by atoms with E-state index in [0.29, 0.717) is 11.3 Å². The maximum absolute atomic E-state index is 12.8. The predicted octanol–water partition coefficient (Wildman–Crippen LogP) is 4.01. The first kappa shape index (κ1) is 15.2. The highest BCUT2D eigenvalue weighted by molar-refractivity contribution is 5.97. The summed E-state index contributed by atoms with van der Waals surface area (Å²) in [6, 6.07) is 17.4. The predicted molar refractivity (Wildman–Crippen MR) is 91.8 cm³/mol. The van der Waals surface area contributed by atoms with Gasteiger partial charge in [-0.1, -0.05) is 30.3 Å². The number of benzene rings is 2. The first-order chi connectivity index (χ1) is 11.1. The summed E-state index contributed by atoms with van der Waals surface area (Å²) in [7, 11) is 3.39. The van der Waals surface area contributed by atoms with Gasteiger partial charge in [-0.15, -0.1) is 0 Å². The zero-order chi connectivity index (χ0) is 16.4. The van der Waals surface area contributed by atoms with Crippen LogP contribution >= 0.6 is 0 Å². The molecule has 3 aromatic rings. The van der Waals surface area contributed by atoms with Gasteiger partial charge < -0.3 is 14.6 Å². The molecule has 0 aliphatic heterocycles. The highest BCUT2D eigenvalue weighted by Crippen LogP contribution is 2.26. The van der Waals surface area contributed by atoms with Crippen LogP contribution in [0.1, 0.15) is 29.0 Å². The summed E-state index contributed by atoms with van der Waals surface area (Å²) in [5.41, 5.74) is 2.66. The van der Waals surface area contributed by atoms with Gasteiger partial charge >= 0.3 is 0 Å². The highest BCUT2D eigenvalue weighted by atomic mass is 16.5. The first-order valence-corrected chi connectivity index (χ1v) is 7.59. The summed E-state index contributed by atoms with van der Waals surface area (Å²) in [6.07, 6.45) is 0. The topological polar surface area (TPSA) is 45.3 Å². The number of methoxy groups -OCH3 is 1. The molecular formula is C19H20N2O2. The van der Waals surface area contributed by atoms with E-state index < -0.39 is 0 Å². The maximum Gasteiger partial charge on any atom is 0.257 e. The third kappa shape index (κ3) is 2.80. The largest absolute Gasteiger partial charge is 0.496 e. The van der Waals surface area contributed by atoms with Gasteiger partial charge in [0.05, 0.1) is 18.7 Å². The number of aromatic amines is 1. The van der Waals surface area contributed by atoms with Crippen LogP contribution in [0.4, 0.5) is 0 Å². The molecule has 0 radical (unpaired) electrons. The number of aromatic nitrogens is 1. The average molecular weight is 308 g/mol. The van der Waals surface area contributed by atoms with E-state index in [1.54, 1.807) is 24.1 Å². The molecule has 1 aromatic heterocycles. The van der Waals surface area contributed by atoms with Crippen molar-refractivity contribution in [2.24, 2.45) is 0 Å². The van der Waals surface area contributed by atoms with Crippen LogP contribution in [0.15, 0.2) is 54.6 Å². The molecule has 1 N–H and O–H groups in total. The second-order valence-corrected chi connectivity index (χ2v) is 5.60. The van der Waals surface area contributed by atoms with E-state index in [9.17, 15) is 4.79 Å². The van der Waals surface area contributed by atoms with Crippen molar-refractivity contribution < 1.29 is 9.53 Å². The molecule has 0 saturated heterocycles. The van der Waals surface area contributed by atoms with Crippen LogP contribution < -0.4 is 4.74 Å². The first-order valence-electron chi connectivity index (χ1n) is 7.59. The molecule has 4 nitrogen and oxygen atoms in total. The third-order valence-corrected chi connectivity index (χ3v) is 4.24. The molecule has 1 heterocycles. The average Bonchev–Trinajstić information content (AvgIpc) is 3.03. The number of hydrogen-bond donors (Lipinski definition) is 1. The third-order valence-electron chi connectivity index (χ3n) is 4.24. The zero-order valence-electron chi connectivity index (χ0n) is 13.5. The van der Waals surface area contributed by atoms with Crippen molar-refractivity contribution in [3.05, 3.63) is 65.9 Å². The van der Waals surface area contributed by atoms with Gasteiger partial charge in [-0.05, 0) is 36.6 Å². The van der Waals surface area contributed by atoms with Crippen molar-refractivity contribution in [3.8, 4) is 5.75 Å². The summed E-state index contributed by atoms with van der Waals surface area (Å²) in [5, 5.41) is 1.15. The second-order valence-electron chi connectivity index (χ2n) is 5.60. The molecule has 0 aliphatic carbocycles. The molecular weight excluding hydrogens is 288 g/mol. The van der Waals surface area contributed by atoms with Crippen LogP contribution in [0.25, 0.3) is 10.9 Å². The lowest BCUT2D eigenvalue weighted by Crippen LogP contribution is -2.30. The van der Waals surface area contributed by atoms with E-state index in [0.717, 1.165) is 16.6 Å². The fraction of sp³-hybridized carbons (Fsp3) is 0.211. The van der Waals surface area contributed by atoms with Gasteiger partial charge in [0.25, 0.3) is 5.91 Å². The quantitative estimate of drug-likeness (QED) is 0.791. The number of fused-ring (bicyclic) bond motifs is 1. The lowest BCUT2D eigenvalue weighted by Gasteiger charge is -2.25. The second kappa shape index (κ2) is 6.16.